The Hall–Kier alpha value is -3.52. The molecule has 0 aliphatic carbocycles. The number of hydrogen-bond acceptors (Lipinski definition) is 6. The molecule has 0 fully saturated rings. The summed E-state index contributed by atoms with van der Waals surface area (Å²) in [5.74, 6) is 2.23. The van der Waals surface area contributed by atoms with E-state index in [0.717, 1.165) is 17.0 Å². The Bertz CT molecular complexity index is 1070. The van der Waals surface area contributed by atoms with Crippen LogP contribution in [0.3, 0.4) is 0 Å². The number of carbonyl (C=O) groups is 1. The topological polar surface area (TPSA) is 69.5 Å². The lowest BCUT2D eigenvalue weighted by Crippen LogP contribution is -2.32. The number of amides is 1. The standard InChI is InChI=1S/C24H26N4O3S/c1-5-15-27(16-6-2)22(29)17-32-24-26-25-23(20-9-7-8-10-21(20)31-4)28(24)18-11-13-19(30-3)14-12-18/h5-14H,1-2,15-17H2,3-4H3. The van der Waals surface area contributed by atoms with Crippen molar-refractivity contribution in [3.05, 3.63) is 73.8 Å². The first-order chi connectivity index (χ1) is 15.6. The third-order valence-electron chi connectivity index (χ3n) is 4.69. The molecule has 8 heteroatoms. The van der Waals surface area contributed by atoms with Gasteiger partial charge in [-0.15, -0.1) is 23.4 Å². The fraction of sp³-hybridized carbons (Fsp3) is 0.208. The lowest BCUT2D eigenvalue weighted by molar-refractivity contribution is -0.127. The highest BCUT2D eigenvalue weighted by Gasteiger charge is 2.21. The number of ether oxygens (including phenoxy) is 2. The summed E-state index contributed by atoms with van der Waals surface area (Å²) in [6, 6.07) is 15.2. The second-order valence-electron chi connectivity index (χ2n) is 6.70. The van der Waals surface area contributed by atoms with Crippen molar-refractivity contribution in [1.29, 1.82) is 0 Å². The van der Waals surface area contributed by atoms with Crippen LogP contribution in [-0.2, 0) is 4.79 Å². The van der Waals surface area contributed by atoms with Gasteiger partial charge in [0.25, 0.3) is 0 Å². The van der Waals surface area contributed by atoms with Gasteiger partial charge in [0.15, 0.2) is 11.0 Å². The van der Waals surface area contributed by atoms with Gasteiger partial charge in [0.1, 0.15) is 11.5 Å². The molecule has 0 aliphatic heterocycles. The van der Waals surface area contributed by atoms with Gasteiger partial charge in [0, 0.05) is 13.1 Å². The largest absolute Gasteiger partial charge is 0.497 e. The summed E-state index contributed by atoms with van der Waals surface area (Å²) in [4.78, 5) is 14.4. The Morgan fingerprint density at radius 2 is 1.72 bits per heavy atom. The highest BCUT2D eigenvalue weighted by molar-refractivity contribution is 7.99. The van der Waals surface area contributed by atoms with Crippen LogP contribution in [-0.4, -0.2) is 58.6 Å². The molecule has 0 saturated carbocycles. The van der Waals surface area contributed by atoms with Gasteiger partial charge in [0.2, 0.25) is 5.91 Å². The van der Waals surface area contributed by atoms with Crippen molar-refractivity contribution in [2.24, 2.45) is 0 Å². The molecule has 1 amide bonds. The smallest absolute Gasteiger partial charge is 0.233 e. The quantitative estimate of drug-likeness (QED) is 0.321. The van der Waals surface area contributed by atoms with Crippen LogP contribution >= 0.6 is 11.8 Å². The van der Waals surface area contributed by atoms with Crippen LogP contribution in [0.2, 0.25) is 0 Å². The van der Waals surface area contributed by atoms with Crippen molar-refractivity contribution in [2.45, 2.75) is 5.16 Å². The monoisotopic (exact) mass is 450 g/mol. The number of aromatic nitrogens is 3. The van der Waals surface area contributed by atoms with E-state index in [1.807, 2.05) is 53.1 Å². The molecule has 3 rings (SSSR count). The van der Waals surface area contributed by atoms with Crippen LogP contribution in [0.15, 0.2) is 79.0 Å². The summed E-state index contributed by atoms with van der Waals surface area (Å²) in [6.07, 6.45) is 3.40. The third-order valence-corrected chi connectivity index (χ3v) is 5.60. The summed E-state index contributed by atoms with van der Waals surface area (Å²) in [5, 5.41) is 9.42. The minimum Gasteiger partial charge on any atom is -0.497 e. The fourth-order valence-electron chi connectivity index (χ4n) is 3.14. The summed E-state index contributed by atoms with van der Waals surface area (Å²) in [7, 11) is 3.24. The van der Waals surface area contributed by atoms with Crippen molar-refractivity contribution in [3.63, 3.8) is 0 Å². The van der Waals surface area contributed by atoms with Gasteiger partial charge in [-0.1, -0.05) is 36.0 Å². The van der Waals surface area contributed by atoms with E-state index >= 15 is 0 Å². The van der Waals surface area contributed by atoms with Crippen LogP contribution in [0.5, 0.6) is 11.5 Å². The zero-order valence-electron chi connectivity index (χ0n) is 18.2. The van der Waals surface area contributed by atoms with Crippen molar-refractivity contribution >= 4 is 17.7 Å². The van der Waals surface area contributed by atoms with Crippen molar-refractivity contribution in [1.82, 2.24) is 19.7 Å². The van der Waals surface area contributed by atoms with Crippen molar-refractivity contribution in [3.8, 4) is 28.6 Å². The molecule has 2 aromatic carbocycles. The maximum absolute atomic E-state index is 12.7. The lowest BCUT2D eigenvalue weighted by atomic mass is 10.2. The van der Waals surface area contributed by atoms with E-state index in [1.54, 1.807) is 31.3 Å². The first kappa shape index (κ1) is 23.1. The number of rotatable bonds is 11. The second-order valence-corrected chi connectivity index (χ2v) is 7.65. The SMILES string of the molecule is C=CCN(CC=C)C(=O)CSc1nnc(-c2ccccc2OC)n1-c1ccc(OC)cc1. The number of benzene rings is 2. The Balaban J connectivity index is 1.99. The fourth-order valence-corrected chi connectivity index (χ4v) is 3.99. The Kier molecular flexibility index (Phi) is 8.10. The van der Waals surface area contributed by atoms with Crippen LogP contribution < -0.4 is 9.47 Å². The molecular weight excluding hydrogens is 424 g/mol. The van der Waals surface area contributed by atoms with E-state index < -0.39 is 0 Å². The maximum atomic E-state index is 12.7. The van der Waals surface area contributed by atoms with E-state index in [-0.39, 0.29) is 11.7 Å². The summed E-state index contributed by atoms with van der Waals surface area (Å²) in [6.45, 7) is 8.36. The molecule has 0 N–H and O–H groups in total. The minimum atomic E-state index is -0.0297. The molecule has 0 radical (unpaired) electrons. The molecule has 0 atom stereocenters. The average Bonchev–Trinajstić information content (AvgIpc) is 3.26. The van der Waals surface area contributed by atoms with Gasteiger partial charge >= 0.3 is 0 Å². The minimum absolute atomic E-state index is 0.0297. The van der Waals surface area contributed by atoms with E-state index in [0.29, 0.717) is 29.8 Å². The predicted molar refractivity (Wildman–Crippen MR) is 128 cm³/mol. The normalized spacial score (nSPS) is 10.4. The van der Waals surface area contributed by atoms with Gasteiger partial charge in [0.05, 0.1) is 31.2 Å². The molecule has 3 aromatic rings. The van der Waals surface area contributed by atoms with Gasteiger partial charge in [-0.25, -0.2) is 0 Å². The number of methoxy groups -OCH3 is 2. The lowest BCUT2D eigenvalue weighted by Gasteiger charge is -2.19. The zero-order chi connectivity index (χ0) is 22.9. The van der Waals surface area contributed by atoms with Crippen molar-refractivity contribution in [2.75, 3.05) is 33.1 Å². The molecule has 0 unspecified atom stereocenters. The number of para-hydroxylation sites is 1. The summed E-state index contributed by atoms with van der Waals surface area (Å²) in [5.41, 5.74) is 1.65. The second kappa shape index (κ2) is 11.2. The number of carbonyl (C=O) groups excluding carboxylic acids is 1. The molecular formula is C24H26N4O3S. The Morgan fingerprint density at radius 1 is 1.03 bits per heavy atom. The van der Waals surface area contributed by atoms with Gasteiger partial charge < -0.3 is 14.4 Å². The first-order valence-electron chi connectivity index (χ1n) is 9.98. The van der Waals surface area contributed by atoms with E-state index in [4.69, 9.17) is 9.47 Å². The molecule has 7 nitrogen and oxygen atoms in total. The molecule has 1 aromatic heterocycles. The summed E-state index contributed by atoms with van der Waals surface area (Å²) >= 11 is 1.33. The van der Waals surface area contributed by atoms with E-state index in [2.05, 4.69) is 23.4 Å². The highest BCUT2D eigenvalue weighted by atomic mass is 32.2. The Labute approximate surface area is 192 Å². The van der Waals surface area contributed by atoms with Crippen LogP contribution in [0.4, 0.5) is 0 Å². The van der Waals surface area contributed by atoms with Crippen LogP contribution in [0.25, 0.3) is 17.1 Å². The molecule has 0 bridgehead atoms. The number of hydrogen-bond donors (Lipinski definition) is 0. The van der Waals surface area contributed by atoms with E-state index in [9.17, 15) is 4.79 Å². The van der Waals surface area contributed by atoms with Crippen LogP contribution in [0, 0.1) is 0 Å². The number of nitrogens with zero attached hydrogens (tertiary/aromatic N) is 4. The highest BCUT2D eigenvalue weighted by Crippen LogP contribution is 2.33. The first-order valence-corrected chi connectivity index (χ1v) is 11.0. The van der Waals surface area contributed by atoms with Crippen LogP contribution in [0.1, 0.15) is 0 Å². The van der Waals surface area contributed by atoms with Crippen molar-refractivity contribution < 1.29 is 14.3 Å². The molecule has 166 valence electrons. The summed E-state index contributed by atoms with van der Waals surface area (Å²) < 4.78 is 12.7. The molecule has 1 heterocycles. The van der Waals surface area contributed by atoms with Gasteiger partial charge in [-0.2, -0.15) is 0 Å². The molecule has 0 aliphatic rings. The van der Waals surface area contributed by atoms with Gasteiger partial charge in [-0.3, -0.25) is 9.36 Å². The Morgan fingerprint density at radius 3 is 2.34 bits per heavy atom. The molecule has 0 saturated heterocycles. The number of thioether (sulfide) groups is 1. The third kappa shape index (κ3) is 5.20. The molecule has 32 heavy (non-hydrogen) atoms. The van der Waals surface area contributed by atoms with E-state index in [1.165, 1.54) is 11.8 Å². The average molecular weight is 451 g/mol. The predicted octanol–water partition coefficient (Wildman–Crippen LogP) is 4.24. The van der Waals surface area contributed by atoms with Gasteiger partial charge in [-0.05, 0) is 36.4 Å². The maximum Gasteiger partial charge on any atom is 0.233 e. The molecule has 0 spiro atoms. The zero-order valence-corrected chi connectivity index (χ0v) is 19.0.